The van der Waals surface area contributed by atoms with E-state index in [1.54, 1.807) is 48.1 Å². The molecule has 3 aromatic heterocycles. The van der Waals surface area contributed by atoms with Crippen LogP contribution in [0.2, 0.25) is 0 Å². The van der Waals surface area contributed by atoms with Gasteiger partial charge in [-0.1, -0.05) is 18.2 Å². The molecule has 0 unspecified atom stereocenters. The third-order valence-corrected chi connectivity index (χ3v) is 4.83. The van der Waals surface area contributed by atoms with Crippen LogP contribution < -0.4 is 4.90 Å². The molecule has 4 aromatic rings. The zero-order valence-corrected chi connectivity index (χ0v) is 17.5. The number of para-hydroxylation sites is 1. The molecule has 0 spiro atoms. The number of ether oxygens (including phenoxy) is 1. The smallest absolute Gasteiger partial charge is 0.326 e. The number of rotatable bonds is 6. The highest BCUT2D eigenvalue weighted by molar-refractivity contribution is 6.14. The number of aromatic nitrogens is 4. The summed E-state index contributed by atoms with van der Waals surface area (Å²) < 4.78 is 20.2. The minimum Gasteiger partial charge on any atom is -0.465 e. The maximum Gasteiger partial charge on any atom is 0.326 e. The summed E-state index contributed by atoms with van der Waals surface area (Å²) in [6, 6.07) is 11.4. The van der Waals surface area contributed by atoms with E-state index in [1.807, 2.05) is 13.0 Å². The first-order chi connectivity index (χ1) is 15.5. The van der Waals surface area contributed by atoms with Crippen molar-refractivity contribution < 1.29 is 18.7 Å². The molecule has 0 fully saturated rings. The molecule has 4 rings (SSSR count). The second-order valence-electron chi connectivity index (χ2n) is 6.92. The molecule has 0 N–H and O–H groups in total. The monoisotopic (exact) mass is 433 g/mol. The van der Waals surface area contributed by atoms with Gasteiger partial charge in [0.2, 0.25) is 0 Å². The van der Waals surface area contributed by atoms with Gasteiger partial charge in [0.05, 0.1) is 23.9 Å². The number of benzene rings is 1. The summed E-state index contributed by atoms with van der Waals surface area (Å²) in [5.41, 5.74) is 0.915. The minimum atomic E-state index is -0.601. The fraction of sp³-hybridized carbons (Fsp3) is 0.174. The number of esters is 1. The normalized spacial score (nSPS) is 10.8. The number of pyridine rings is 2. The van der Waals surface area contributed by atoms with Crippen molar-refractivity contribution in [3.05, 3.63) is 78.3 Å². The molecule has 0 bridgehead atoms. The third-order valence-electron chi connectivity index (χ3n) is 4.83. The predicted octanol–water partition coefficient (Wildman–Crippen LogP) is 3.47. The lowest BCUT2D eigenvalue weighted by Crippen LogP contribution is -2.37. The SMILES string of the molecule is CCOC(=O)CN(C(=O)c1cc(-n2ccnc2C)nc2ccccc12)c1ccc(F)cn1. The molecule has 0 aliphatic heterocycles. The van der Waals surface area contributed by atoms with Crippen molar-refractivity contribution in [2.75, 3.05) is 18.1 Å². The number of fused-ring (bicyclic) bond motifs is 1. The van der Waals surface area contributed by atoms with Crippen LogP contribution in [0, 0.1) is 12.7 Å². The Hall–Kier alpha value is -4.14. The number of hydrogen-bond acceptors (Lipinski definition) is 6. The van der Waals surface area contributed by atoms with Gasteiger partial charge in [-0.05, 0) is 38.1 Å². The van der Waals surface area contributed by atoms with Gasteiger partial charge in [-0.15, -0.1) is 0 Å². The number of hydrogen-bond donors (Lipinski definition) is 0. The average Bonchev–Trinajstić information content (AvgIpc) is 3.23. The van der Waals surface area contributed by atoms with E-state index in [-0.39, 0.29) is 19.0 Å². The van der Waals surface area contributed by atoms with Crippen LogP contribution >= 0.6 is 0 Å². The lowest BCUT2D eigenvalue weighted by Gasteiger charge is -2.22. The number of aryl methyl sites for hydroxylation is 1. The van der Waals surface area contributed by atoms with Crippen LogP contribution in [-0.4, -0.2) is 44.5 Å². The van der Waals surface area contributed by atoms with E-state index in [1.165, 1.54) is 17.0 Å². The van der Waals surface area contributed by atoms with Crippen LogP contribution in [-0.2, 0) is 9.53 Å². The van der Waals surface area contributed by atoms with Gasteiger partial charge in [-0.2, -0.15) is 0 Å². The van der Waals surface area contributed by atoms with E-state index in [0.717, 1.165) is 6.20 Å². The maximum atomic E-state index is 13.7. The molecule has 3 heterocycles. The molecule has 1 amide bonds. The van der Waals surface area contributed by atoms with Crippen LogP contribution in [0.3, 0.4) is 0 Å². The van der Waals surface area contributed by atoms with Crippen molar-refractivity contribution in [2.24, 2.45) is 0 Å². The number of halogens is 1. The molecule has 1 aromatic carbocycles. The minimum absolute atomic E-state index is 0.130. The fourth-order valence-electron chi connectivity index (χ4n) is 3.35. The van der Waals surface area contributed by atoms with E-state index >= 15 is 0 Å². The molecule has 0 aliphatic carbocycles. The maximum absolute atomic E-state index is 13.7. The van der Waals surface area contributed by atoms with Crippen LogP contribution in [0.25, 0.3) is 16.7 Å². The third kappa shape index (κ3) is 4.18. The summed E-state index contributed by atoms with van der Waals surface area (Å²) in [5.74, 6) is -0.305. The summed E-state index contributed by atoms with van der Waals surface area (Å²) in [6.07, 6.45) is 4.38. The highest BCUT2D eigenvalue weighted by Crippen LogP contribution is 2.24. The highest BCUT2D eigenvalue weighted by Gasteiger charge is 2.25. The van der Waals surface area contributed by atoms with E-state index in [2.05, 4.69) is 15.0 Å². The Morgan fingerprint density at radius 2 is 1.97 bits per heavy atom. The molecule has 0 atom stereocenters. The number of anilines is 1. The molecule has 0 radical (unpaired) electrons. The lowest BCUT2D eigenvalue weighted by molar-refractivity contribution is -0.141. The molecule has 162 valence electrons. The largest absolute Gasteiger partial charge is 0.465 e. The summed E-state index contributed by atoms with van der Waals surface area (Å²) >= 11 is 0. The van der Waals surface area contributed by atoms with Crippen molar-refractivity contribution in [3.8, 4) is 5.82 Å². The summed E-state index contributed by atoms with van der Waals surface area (Å²) in [6.45, 7) is 3.30. The van der Waals surface area contributed by atoms with Gasteiger partial charge >= 0.3 is 5.97 Å². The van der Waals surface area contributed by atoms with Crippen LogP contribution in [0.1, 0.15) is 23.1 Å². The molecule has 0 saturated carbocycles. The number of carbonyl (C=O) groups is 2. The van der Waals surface area contributed by atoms with Gasteiger partial charge in [-0.3, -0.25) is 19.1 Å². The first-order valence-electron chi connectivity index (χ1n) is 9.97. The molecule has 0 saturated heterocycles. The number of nitrogens with zero attached hydrogens (tertiary/aromatic N) is 5. The molecule has 8 nitrogen and oxygen atoms in total. The highest BCUT2D eigenvalue weighted by atomic mass is 19.1. The van der Waals surface area contributed by atoms with Gasteiger partial charge in [0.25, 0.3) is 5.91 Å². The Labute approximate surface area is 183 Å². The van der Waals surface area contributed by atoms with Crippen molar-refractivity contribution in [1.82, 2.24) is 19.5 Å². The van der Waals surface area contributed by atoms with E-state index in [0.29, 0.717) is 28.1 Å². The number of carbonyl (C=O) groups excluding carboxylic acids is 2. The van der Waals surface area contributed by atoms with E-state index < -0.39 is 17.7 Å². The van der Waals surface area contributed by atoms with Gasteiger partial charge in [0, 0.05) is 17.8 Å². The number of imidazole rings is 1. The van der Waals surface area contributed by atoms with Gasteiger partial charge < -0.3 is 4.74 Å². The van der Waals surface area contributed by atoms with Gasteiger partial charge in [0.15, 0.2) is 0 Å². The summed E-state index contributed by atoms with van der Waals surface area (Å²) in [4.78, 5) is 40.0. The summed E-state index contributed by atoms with van der Waals surface area (Å²) in [7, 11) is 0. The Morgan fingerprint density at radius 3 is 2.66 bits per heavy atom. The molecular weight excluding hydrogens is 413 g/mol. The van der Waals surface area contributed by atoms with Crippen molar-refractivity contribution in [2.45, 2.75) is 13.8 Å². The van der Waals surface area contributed by atoms with Crippen LogP contribution in [0.5, 0.6) is 0 Å². The fourth-order valence-corrected chi connectivity index (χ4v) is 3.35. The van der Waals surface area contributed by atoms with Crippen LogP contribution in [0.4, 0.5) is 10.2 Å². The first kappa shape index (κ1) is 21.1. The predicted molar refractivity (Wildman–Crippen MR) is 116 cm³/mol. The average molecular weight is 433 g/mol. The van der Waals surface area contributed by atoms with E-state index in [9.17, 15) is 14.0 Å². The summed E-state index contributed by atoms with van der Waals surface area (Å²) in [5, 5.41) is 0.606. The van der Waals surface area contributed by atoms with Gasteiger partial charge in [-0.25, -0.2) is 19.3 Å². The zero-order chi connectivity index (χ0) is 22.7. The molecular formula is C23H20FN5O3. The zero-order valence-electron chi connectivity index (χ0n) is 17.5. The topological polar surface area (TPSA) is 90.2 Å². The molecule has 32 heavy (non-hydrogen) atoms. The van der Waals surface area contributed by atoms with Crippen molar-refractivity contribution in [1.29, 1.82) is 0 Å². The Balaban J connectivity index is 1.85. The lowest BCUT2D eigenvalue weighted by atomic mass is 10.1. The Bertz CT molecular complexity index is 1290. The van der Waals surface area contributed by atoms with Crippen molar-refractivity contribution >= 4 is 28.6 Å². The second-order valence-corrected chi connectivity index (χ2v) is 6.92. The molecule has 9 heteroatoms. The standard InChI is InChI=1S/C23H20FN5O3/c1-3-32-22(30)14-29(20-9-8-16(24)13-26-20)23(31)18-12-21(28-11-10-25-15(28)2)27-19-7-5-4-6-17(18)19/h4-13H,3,14H2,1-2H3. The quantitative estimate of drug-likeness (QED) is 0.433. The van der Waals surface area contributed by atoms with Gasteiger partial charge in [0.1, 0.15) is 29.8 Å². The molecule has 0 aliphatic rings. The van der Waals surface area contributed by atoms with Crippen molar-refractivity contribution in [3.63, 3.8) is 0 Å². The number of amides is 1. The van der Waals surface area contributed by atoms with E-state index in [4.69, 9.17) is 4.74 Å². The first-order valence-corrected chi connectivity index (χ1v) is 9.97. The van der Waals surface area contributed by atoms with Crippen LogP contribution in [0.15, 0.2) is 61.1 Å². The Morgan fingerprint density at radius 1 is 1.16 bits per heavy atom. The second kappa shape index (κ2) is 8.93. The Kier molecular flexibility index (Phi) is 5.89.